The van der Waals surface area contributed by atoms with Gasteiger partial charge in [-0.25, -0.2) is 18.2 Å². The fraction of sp³-hybridized carbons (Fsp3) is 0.143. The first kappa shape index (κ1) is 15.6. The predicted molar refractivity (Wildman–Crippen MR) is 71.8 cm³/mol. The predicted octanol–water partition coefficient (Wildman–Crippen LogP) is 2.82. The lowest BCUT2D eigenvalue weighted by Gasteiger charge is -2.08. The fourth-order valence-electron chi connectivity index (χ4n) is 1.58. The second-order valence-electron chi connectivity index (χ2n) is 4.20. The number of carbonyl (C=O) groups excluding carboxylic acids is 1. The molecular formula is C14H11F3N2O3. The zero-order chi connectivity index (χ0) is 16.1. The van der Waals surface area contributed by atoms with Gasteiger partial charge in [0.15, 0.2) is 6.61 Å². The van der Waals surface area contributed by atoms with Crippen molar-refractivity contribution >= 4 is 11.6 Å². The number of aromatic nitrogens is 1. The highest BCUT2D eigenvalue weighted by molar-refractivity contribution is 6.04. The van der Waals surface area contributed by atoms with E-state index >= 15 is 0 Å². The molecule has 0 radical (unpaired) electrons. The van der Waals surface area contributed by atoms with Crippen LogP contribution in [0, 0.1) is 5.82 Å². The number of hydrogen-bond donors (Lipinski definition) is 2. The summed E-state index contributed by atoms with van der Waals surface area (Å²) in [6.07, 6.45) is -1.45. The Labute approximate surface area is 123 Å². The largest absolute Gasteiger partial charge is 0.508 e. The summed E-state index contributed by atoms with van der Waals surface area (Å²) in [7, 11) is 0. The van der Waals surface area contributed by atoms with Crippen molar-refractivity contribution in [2.45, 2.75) is 6.43 Å². The van der Waals surface area contributed by atoms with Crippen molar-refractivity contribution in [2.24, 2.45) is 0 Å². The van der Waals surface area contributed by atoms with Crippen molar-refractivity contribution in [3.05, 3.63) is 47.9 Å². The summed E-state index contributed by atoms with van der Waals surface area (Å²) in [5.74, 6) is -1.90. The van der Waals surface area contributed by atoms with Crippen LogP contribution < -0.4 is 10.1 Å². The van der Waals surface area contributed by atoms with E-state index in [1.54, 1.807) is 0 Å². The van der Waals surface area contributed by atoms with Crippen LogP contribution in [-0.4, -0.2) is 29.0 Å². The molecule has 0 saturated carbocycles. The van der Waals surface area contributed by atoms with Crippen LogP contribution in [0.3, 0.4) is 0 Å². The van der Waals surface area contributed by atoms with E-state index in [0.717, 1.165) is 12.1 Å². The Morgan fingerprint density at radius 3 is 2.77 bits per heavy atom. The lowest BCUT2D eigenvalue weighted by atomic mass is 10.2. The summed E-state index contributed by atoms with van der Waals surface area (Å²) < 4.78 is 42.3. The minimum atomic E-state index is -2.66. The Bertz CT molecular complexity index is 680. The number of anilines is 1. The number of hydrogen-bond acceptors (Lipinski definition) is 4. The summed E-state index contributed by atoms with van der Waals surface area (Å²) in [5.41, 5.74) is -0.0681. The lowest BCUT2D eigenvalue weighted by Crippen LogP contribution is -2.14. The van der Waals surface area contributed by atoms with Crippen molar-refractivity contribution < 1.29 is 27.8 Å². The van der Waals surface area contributed by atoms with E-state index in [-0.39, 0.29) is 22.9 Å². The third kappa shape index (κ3) is 4.11. The molecule has 116 valence electrons. The zero-order valence-corrected chi connectivity index (χ0v) is 11.1. The van der Waals surface area contributed by atoms with Gasteiger partial charge in [0, 0.05) is 23.9 Å². The molecule has 0 saturated heterocycles. The van der Waals surface area contributed by atoms with Gasteiger partial charge in [-0.1, -0.05) is 0 Å². The van der Waals surface area contributed by atoms with Crippen molar-refractivity contribution in [3.8, 4) is 11.6 Å². The molecule has 8 heteroatoms. The number of aromatic hydroxyl groups is 1. The molecule has 2 rings (SSSR count). The van der Waals surface area contributed by atoms with Crippen LogP contribution in [0.15, 0.2) is 36.5 Å². The lowest BCUT2D eigenvalue weighted by molar-refractivity contribution is 0.0795. The van der Waals surface area contributed by atoms with Crippen LogP contribution in [0.1, 0.15) is 10.4 Å². The van der Waals surface area contributed by atoms with Crippen LogP contribution >= 0.6 is 0 Å². The van der Waals surface area contributed by atoms with E-state index < -0.39 is 24.8 Å². The normalized spacial score (nSPS) is 10.5. The molecule has 2 N–H and O–H groups in total. The second kappa shape index (κ2) is 6.79. The summed E-state index contributed by atoms with van der Waals surface area (Å²) in [6, 6.07) is 5.73. The maximum absolute atomic E-state index is 13.5. The standard InChI is InChI=1S/C14H11F3N2O3/c15-10-6-9(20)1-2-11(10)19-14(21)8-3-4-18-13(5-8)22-7-12(16)17/h1-6,12,20H,7H2,(H,19,21). The number of benzene rings is 1. The van der Waals surface area contributed by atoms with Gasteiger partial charge in [0.25, 0.3) is 12.3 Å². The van der Waals surface area contributed by atoms with E-state index in [4.69, 9.17) is 9.84 Å². The van der Waals surface area contributed by atoms with Crippen LogP contribution in [0.5, 0.6) is 11.6 Å². The summed E-state index contributed by atoms with van der Waals surface area (Å²) in [5, 5.41) is 11.4. The molecule has 1 aromatic heterocycles. The van der Waals surface area contributed by atoms with Gasteiger partial charge in [-0.05, 0) is 18.2 Å². The van der Waals surface area contributed by atoms with Crippen molar-refractivity contribution in [1.29, 1.82) is 0 Å². The van der Waals surface area contributed by atoms with Gasteiger partial charge in [-0.2, -0.15) is 0 Å². The van der Waals surface area contributed by atoms with Gasteiger partial charge in [0.2, 0.25) is 5.88 Å². The Balaban J connectivity index is 2.10. The Kier molecular flexibility index (Phi) is 4.82. The molecule has 0 bridgehead atoms. The first-order chi connectivity index (χ1) is 10.5. The molecule has 0 unspecified atom stereocenters. The van der Waals surface area contributed by atoms with E-state index in [0.29, 0.717) is 0 Å². The fourth-order valence-corrected chi connectivity index (χ4v) is 1.58. The smallest absolute Gasteiger partial charge is 0.272 e. The molecule has 0 atom stereocenters. The number of carbonyl (C=O) groups is 1. The number of rotatable bonds is 5. The third-order valence-electron chi connectivity index (χ3n) is 2.56. The van der Waals surface area contributed by atoms with Gasteiger partial charge in [-0.3, -0.25) is 4.79 Å². The quantitative estimate of drug-likeness (QED) is 0.833. The molecule has 1 amide bonds. The van der Waals surface area contributed by atoms with Crippen LogP contribution in [0.4, 0.5) is 18.9 Å². The Morgan fingerprint density at radius 1 is 1.32 bits per heavy atom. The highest BCUT2D eigenvalue weighted by Gasteiger charge is 2.12. The first-order valence-electron chi connectivity index (χ1n) is 6.12. The number of halogens is 3. The molecule has 5 nitrogen and oxygen atoms in total. The molecule has 1 heterocycles. The highest BCUT2D eigenvalue weighted by atomic mass is 19.3. The van der Waals surface area contributed by atoms with Crippen molar-refractivity contribution in [3.63, 3.8) is 0 Å². The summed E-state index contributed by atoms with van der Waals surface area (Å²) in [4.78, 5) is 15.7. The highest BCUT2D eigenvalue weighted by Crippen LogP contribution is 2.20. The summed E-state index contributed by atoms with van der Waals surface area (Å²) in [6.45, 7) is -0.843. The van der Waals surface area contributed by atoms with E-state index in [2.05, 4.69) is 10.3 Å². The Hall–Kier alpha value is -2.77. The molecule has 2 aromatic rings. The van der Waals surface area contributed by atoms with E-state index in [1.807, 2.05) is 0 Å². The van der Waals surface area contributed by atoms with Gasteiger partial charge in [0.05, 0.1) is 5.69 Å². The molecule has 0 aliphatic heterocycles. The number of phenolic OH excluding ortho intramolecular Hbond substituents is 1. The van der Waals surface area contributed by atoms with Crippen LogP contribution in [-0.2, 0) is 0 Å². The number of nitrogens with one attached hydrogen (secondary N) is 1. The van der Waals surface area contributed by atoms with E-state index in [1.165, 1.54) is 24.4 Å². The molecule has 0 fully saturated rings. The third-order valence-corrected chi connectivity index (χ3v) is 2.56. The minimum Gasteiger partial charge on any atom is -0.508 e. The molecule has 1 aromatic carbocycles. The van der Waals surface area contributed by atoms with Crippen molar-refractivity contribution in [1.82, 2.24) is 4.98 Å². The molecule has 22 heavy (non-hydrogen) atoms. The molecule has 0 aliphatic rings. The summed E-state index contributed by atoms with van der Waals surface area (Å²) >= 11 is 0. The molecule has 0 spiro atoms. The van der Waals surface area contributed by atoms with Crippen LogP contribution in [0.25, 0.3) is 0 Å². The van der Waals surface area contributed by atoms with Gasteiger partial charge in [-0.15, -0.1) is 0 Å². The van der Waals surface area contributed by atoms with E-state index in [9.17, 15) is 18.0 Å². The van der Waals surface area contributed by atoms with Gasteiger partial charge in [0.1, 0.15) is 11.6 Å². The zero-order valence-electron chi connectivity index (χ0n) is 11.1. The number of pyridine rings is 1. The maximum atomic E-state index is 13.5. The minimum absolute atomic E-state index is 0.0618. The number of phenols is 1. The number of nitrogens with zero attached hydrogens (tertiary/aromatic N) is 1. The molecule has 0 aliphatic carbocycles. The SMILES string of the molecule is O=C(Nc1ccc(O)cc1F)c1ccnc(OCC(F)F)c1. The average Bonchev–Trinajstić information content (AvgIpc) is 2.48. The average molecular weight is 312 g/mol. The monoisotopic (exact) mass is 312 g/mol. The molecular weight excluding hydrogens is 301 g/mol. The maximum Gasteiger partial charge on any atom is 0.272 e. The van der Waals surface area contributed by atoms with Gasteiger partial charge < -0.3 is 15.2 Å². The first-order valence-corrected chi connectivity index (χ1v) is 6.12. The number of ether oxygens (including phenoxy) is 1. The second-order valence-corrected chi connectivity index (χ2v) is 4.20. The van der Waals surface area contributed by atoms with Crippen LogP contribution in [0.2, 0.25) is 0 Å². The van der Waals surface area contributed by atoms with Gasteiger partial charge >= 0.3 is 0 Å². The topological polar surface area (TPSA) is 71.5 Å². The number of alkyl halides is 2. The van der Waals surface area contributed by atoms with Crippen molar-refractivity contribution in [2.75, 3.05) is 11.9 Å². The Morgan fingerprint density at radius 2 is 2.09 bits per heavy atom. The number of amides is 1.